The topological polar surface area (TPSA) is 9.23 Å². The van der Waals surface area contributed by atoms with Gasteiger partial charge in [0.05, 0.1) is 4.47 Å². The summed E-state index contributed by atoms with van der Waals surface area (Å²) in [4.78, 5) is 1.13. The second-order valence-corrected chi connectivity index (χ2v) is 5.91. The Morgan fingerprint density at radius 2 is 1.89 bits per heavy atom. The Morgan fingerprint density at radius 1 is 1.11 bits per heavy atom. The van der Waals surface area contributed by atoms with E-state index in [9.17, 15) is 0 Å². The van der Waals surface area contributed by atoms with Gasteiger partial charge in [0.15, 0.2) is 0 Å². The number of hydrogen-bond acceptors (Lipinski definition) is 2. The zero-order chi connectivity index (χ0) is 13.0. The predicted molar refractivity (Wildman–Crippen MR) is 85.1 cm³/mol. The molecule has 0 saturated carbocycles. The van der Waals surface area contributed by atoms with Gasteiger partial charge in [-0.25, -0.2) is 0 Å². The first-order valence-electron chi connectivity index (χ1n) is 5.40. The van der Waals surface area contributed by atoms with Crippen molar-refractivity contribution in [3.63, 3.8) is 0 Å². The predicted octanol–water partition coefficient (Wildman–Crippen LogP) is 5.86. The van der Waals surface area contributed by atoms with Crippen LogP contribution in [-0.2, 0) is 5.33 Å². The van der Waals surface area contributed by atoms with Crippen molar-refractivity contribution in [1.29, 1.82) is 0 Å². The zero-order valence-electron chi connectivity index (χ0n) is 9.82. The molecule has 0 heterocycles. The highest BCUT2D eigenvalue weighted by molar-refractivity contribution is 9.10. The summed E-state index contributed by atoms with van der Waals surface area (Å²) in [5.41, 5.74) is 1.22. The van der Waals surface area contributed by atoms with Crippen LogP contribution in [0.4, 0.5) is 0 Å². The van der Waals surface area contributed by atoms with Crippen molar-refractivity contribution < 1.29 is 4.74 Å². The van der Waals surface area contributed by atoms with Crippen molar-refractivity contribution >= 4 is 43.6 Å². The summed E-state index contributed by atoms with van der Waals surface area (Å²) >= 11 is 8.66. The molecule has 2 aromatic carbocycles. The maximum Gasteiger partial charge on any atom is 0.141 e. The Labute approximate surface area is 128 Å². The molecule has 0 aliphatic rings. The number of thioether (sulfide) groups is 1. The molecule has 0 aromatic heterocycles. The lowest BCUT2D eigenvalue weighted by atomic mass is 10.2. The highest BCUT2D eigenvalue weighted by atomic mass is 79.9. The molecule has 2 rings (SSSR count). The molecule has 0 radical (unpaired) electrons. The lowest BCUT2D eigenvalue weighted by molar-refractivity contribution is 0.468. The molecule has 0 atom stereocenters. The van der Waals surface area contributed by atoms with Crippen molar-refractivity contribution in [3.8, 4) is 11.5 Å². The highest BCUT2D eigenvalue weighted by Crippen LogP contribution is 2.35. The average molecular weight is 388 g/mol. The van der Waals surface area contributed by atoms with Crippen LogP contribution in [0, 0.1) is 0 Å². The van der Waals surface area contributed by atoms with Crippen molar-refractivity contribution in [2.24, 2.45) is 0 Å². The summed E-state index contributed by atoms with van der Waals surface area (Å²) < 4.78 is 6.92. The van der Waals surface area contributed by atoms with E-state index in [4.69, 9.17) is 4.74 Å². The molecule has 0 bridgehead atoms. The van der Waals surface area contributed by atoms with Gasteiger partial charge in [-0.3, -0.25) is 0 Å². The molecule has 0 N–H and O–H groups in total. The standard InChI is InChI=1S/C14H12Br2OS/c1-18-14-5-3-2-4-13(14)17-12-7-6-10(9-15)8-11(12)16/h2-8H,9H2,1H3. The molecule has 1 nitrogen and oxygen atoms in total. The van der Waals surface area contributed by atoms with Crippen molar-refractivity contribution in [2.75, 3.05) is 6.26 Å². The molecule has 0 saturated heterocycles. The average Bonchev–Trinajstić information content (AvgIpc) is 2.41. The van der Waals surface area contributed by atoms with Gasteiger partial charge < -0.3 is 4.74 Å². The third-order valence-corrected chi connectivity index (χ3v) is 4.48. The SMILES string of the molecule is CSc1ccccc1Oc1ccc(CBr)cc1Br. The molecular formula is C14H12Br2OS. The molecule has 0 unspecified atom stereocenters. The number of benzene rings is 2. The number of alkyl halides is 1. The molecular weight excluding hydrogens is 376 g/mol. The van der Waals surface area contributed by atoms with Gasteiger partial charge in [0, 0.05) is 10.2 Å². The number of hydrogen-bond donors (Lipinski definition) is 0. The minimum atomic E-state index is 0.834. The van der Waals surface area contributed by atoms with E-state index in [1.54, 1.807) is 11.8 Å². The fraction of sp³-hybridized carbons (Fsp3) is 0.143. The monoisotopic (exact) mass is 386 g/mol. The summed E-state index contributed by atoms with van der Waals surface area (Å²) in [5, 5.41) is 0.841. The molecule has 94 valence electrons. The summed E-state index contributed by atoms with van der Waals surface area (Å²) in [6.07, 6.45) is 2.05. The van der Waals surface area contributed by atoms with E-state index >= 15 is 0 Å². The quantitative estimate of drug-likeness (QED) is 0.480. The van der Waals surface area contributed by atoms with Gasteiger partial charge in [0.25, 0.3) is 0 Å². The fourth-order valence-corrected chi connectivity index (χ4v) is 2.91. The number of rotatable bonds is 4. The van der Waals surface area contributed by atoms with E-state index in [0.717, 1.165) is 26.2 Å². The lowest BCUT2D eigenvalue weighted by Gasteiger charge is -2.11. The first-order chi connectivity index (χ1) is 8.74. The van der Waals surface area contributed by atoms with Gasteiger partial charge in [-0.05, 0) is 52.0 Å². The third kappa shape index (κ3) is 3.31. The van der Waals surface area contributed by atoms with Crippen LogP contribution in [0.1, 0.15) is 5.56 Å². The van der Waals surface area contributed by atoms with Gasteiger partial charge in [-0.2, -0.15) is 0 Å². The molecule has 0 amide bonds. The summed E-state index contributed by atoms with van der Waals surface area (Å²) in [7, 11) is 0. The maximum absolute atomic E-state index is 5.95. The lowest BCUT2D eigenvalue weighted by Crippen LogP contribution is -1.88. The van der Waals surface area contributed by atoms with E-state index in [2.05, 4.69) is 50.1 Å². The second kappa shape index (κ2) is 6.64. The van der Waals surface area contributed by atoms with Gasteiger partial charge in [-0.15, -0.1) is 11.8 Å². The smallest absolute Gasteiger partial charge is 0.141 e. The summed E-state index contributed by atoms with van der Waals surface area (Å²) in [5.74, 6) is 1.72. The van der Waals surface area contributed by atoms with Gasteiger partial charge in [-0.1, -0.05) is 34.1 Å². The van der Waals surface area contributed by atoms with Crippen LogP contribution in [0.25, 0.3) is 0 Å². The van der Waals surface area contributed by atoms with Crippen LogP contribution in [0.2, 0.25) is 0 Å². The summed E-state index contributed by atoms with van der Waals surface area (Å²) in [6, 6.07) is 14.1. The first kappa shape index (κ1) is 14.0. The maximum atomic E-state index is 5.95. The summed E-state index contributed by atoms with van der Waals surface area (Å²) in [6.45, 7) is 0. The van der Waals surface area contributed by atoms with Crippen molar-refractivity contribution in [2.45, 2.75) is 10.2 Å². The Hall–Kier alpha value is -0.450. The van der Waals surface area contributed by atoms with Crippen LogP contribution in [0.15, 0.2) is 51.8 Å². The van der Waals surface area contributed by atoms with E-state index in [0.29, 0.717) is 0 Å². The molecule has 18 heavy (non-hydrogen) atoms. The molecule has 0 aliphatic carbocycles. The highest BCUT2D eigenvalue weighted by Gasteiger charge is 2.07. The molecule has 0 aliphatic heterocycles. The van der Waals surface area contributed by atoms with Gasteiger partial charge in [0.1, 0.15) is 11.5 Å². The Kier molecular flexibility index (Phi) is 5.15. The van der Waals surface area contributed by atoms with E-state index in [1.807, 2.05) is 30.5 Å². The van der Waals surface area contributed by atoms with Crippen LogP contribution in [-0.4, -0.2) is 6.26 Å². The Morgan fingerprint density at radius 3 is 2.56 bits per heavy atom. The fourth-order valence-electron chi connectivity index (χ4n) is 1.53. The Bertz CT molecular complexity index is 543. The van der Waals surface area contributed by atoms with Crippen molar-refractivity contribution in [3.05, 3.63) is 52.5 Å². The largest absolute Gasteiger partial charge is 0.455 e. The first-order valence-corrected chi connectivity index (χ1v) is 8.54. The van der Waals surface area contributed by atoms with Gasteiger partial charge >= 0.3 is 0 Å². The third-order valence-electron chi connectivity index (χ3n) is 2.44. The van der Waals surface area contributed by atoms with Crippen LogP contribution >= 0.6 is 43.6 Å². The zero-order valence-corrected chi connectivity index (χ0v) is 13.8. The van der Waals surface area contributed by atoms with Crippen LogP contribution in [0.5, 0.6) is 11.5 Å². The molecule has 4 heteroatoms. The second-order valence-electron chi connectivity index (χ2n) is 3.65. The number of ether oxygens (including phenoxy) is 1. The Balaban J connectivity index is 2.28. The van der Waals surface area contributed by atoms with Gasteiger partial charge in [0.2, 0.25) is 0 Å². The minimum Gasteiger partial charge on any atom is -0.455 e. The number of para-hydroxylation sites is 1. The van der Waals surface area contributed by atoms with Crippen LogP contribution in [0.3, 0.4) is 0 Å². The normalized spacial score (nSPS) is 10.4. The van der Waals surface area contributed by atoms with E-state index in [-0.39, 0.29) is 0 Å². The molecule has 0 fully saturated rings. The minimum absolute atomic E-state index is 0.834. The number of halogens is 2. The van der Waals surface area contributed by atoms with Crippen LogP contribution < -0.4 is 4.74 Å². The van der Waals surface area contributed by atoms with E-state index < -0.39 is 0 Å². The molecule has 2 aromatic rings. The van der Waals surface area contributed by atoms with E-state index in [1.165, 1.54) is 5.56 Å². The van der Waals surface area contributed by atoms with Crippen molar-refractivity contribution in [1.82, 2.24) is 0 Å². The molecule has 0 spiro atoms.